The van der Waals surface area contributed by atoms with Crippen molar-refractivity contribution in [3.63, 3.8) is 0 Å². The number of fused-ring (bicyclic) bond motifs is 1. The lowest BCUT2D eigenvalue weighted by molar-refractivity contribution is 0.622. The number of anilines is 1. The van der Waals surface area contributed by atoms with E-state index in [1.165, 1.54) is 17.2 Å². The predicted octanol–water partition coefficient (Wildman–Crippen LogP) is 2.85. The largest absolute Gasteiger partial charge is 0.367 e. The summed E-state index contributed by atoms with van der Waals surface area (Å²) in [6.45, 7) is 2.13. The van der Waals surface area contributed by atoms with Gasteiger partial charge in [-0.2, -0.15) is 0 Å². The van der Waals surface area contributed by atoms with E-state index in [1.54, 1.807) is 6.07 Å². The van der Waals surface area contributed by atoms with Gasteiger partial charge in [-0.1, -0.05) is 24.3 Å². The summed E-state index contributed by atoms with van der Waals surface area (Å²) in [7, 11) is 0. The van der Waals surface area contributed by atoms with Crippen molar-refractivity contribution in [2.24, 2.45) is 5.73 Å². The minimum atomic E-state index is -0.211. The number of benzene rings is 2. The van der Waals surface area contributed by atoms with Crippen molar-refractivity contribution < 1.29 is 4.39 Å². The molecule has 98 valence electrons. The summed E-state index contributed by atoms with van der Waals surface area (Å²) in [5, 5.41) is 0. The van der Waals surface area contributed by atoms with E-state index in [9.17, 15) is 4.39 Å². The molecule has 0 radical (unpaired) electrons. The molecule has 0 atom stereocenters. The van der Waals surface area contributed by atoms with E-state index in [4.69, 9.17) is 5.73 Å². The zero-order valence-corrected chi connectivity index (χ0v) is 10.8. The van der Waals surface area contributed by atoms with Crippen LogP contribution >= 0.6 is 0 Å². The van der Waals surface area contributed by atoms with Gasteiger partial charge in [-0.25, -0.2) is 4.39 Å². The molecule has 0 spiro atoms. The van der Waals surface area contributed by atoms with Gasteiger partial charge < -0.3 is 10.6 Å². The predicted molar refractivity (Wildman–Crippen MR) is 75.5 cm³/mol. The van der Waals surface area contributed by atoms with E-state index < -0.39 is 0 Å². The van der Waals surface area contributed by atoms with Gasteiger partial charge in [0.15, 0.2) is 0 Å². The van der Waals surface area contributed by atoms with Gasteiger partial charge in [0.25, 0.3) is 0 Å². The van der Waals surface area contributed by atoms with Crippen LogP contribution in [0.25, 0.3) is 0 Å². The van der Waals surface area contributed by atoms with Crippen molar-refractivity contribution in [2.75, 3.05) is 11.4 Å². The van der Waals surface area contributed by atoms with Crippen LogP contribution in [0.5, 0.6) is 0 Å². The molecule has 1 heterocycles. The van der Waals surface area contributed by atoms with Gasteiger partial charge in [-0.3, -0.25) is 0 Å². The van der Waals surface area contributed by atoms with Crippen molar-refractivity contribution in [3.05, 3.63) is 65.0 Å². The lowest BCUT2D eigenvalue weighted by Crippen LogP contribution is -2.30. The average Bonchev–Trinajstić information content (AvgIpc) is 2.46. The van der Waals surface area contributed by atoms with Crippen molar-refractivity contribution in [2.45, 2.75) is 19.5 Å². The maximum absolute atomic E-state index is 13.6. The molecule has 3 rings (SSSR count). The van der Waals surface area contributed by atoms with Crippen LogP contribution in [0, 0.1) is 5.82 Å². The third-order valence-corrected chi connectivity index (χ3v) is 3.67. The molecule has 0 aliphatic carbocycles. The Morgan fingerprint density at radius 2 is 1.89 bits per heavy atom. The van der Waals surface area contributed by atoms with Crippen LogP contribution in [0.15, 0.2) is 42.5 Å². The summed E-state index contributed by atoms with van der Waals surface area (Å²) in [4.78, 5) is 2.21. The molecule has 2 nitrogen and oxygen atoms in total. The van der Waals surface area contributed by atoms with E-state index in [-0.39, 0.29) is 5.82 Å². The van der Waals surface area contributed by atoms with E-state index >= 15 is 0 Å². The Balaban J connectivity index is 1.90. The number of halogens is 1. The lowest BCUT2D eigenvalue weighted by Gasteiger charge is -2.31. The minimum absolute atomic E-state index is 0.211. The summed E-state index contributed by atoms with van der Waals surface area (Å²) < 4.78 is 13.6. The quantitative estimate of drug-likeness (QED) is 0.895. The second kappa shape index (κ2) is 5.02. The second-order valence-corrected chi connectivity index (χ2v) is 4.96. The Morgan fingerprint density at radius 3 is 2.68 bits per heavy atom. The zero-order valence-electron chi connectivity index (χ0n) is 10.8. The van der Waals surface area contributed by atoms with Crippen LogP contribution in [0.2, 0.25) is 0 Å². The first-order valence-corrected chi connectivity index (χ1v) is 6.57. The fraction of sp³-hybridized carbons (Fsp3) is 0.250. The molecular weight excluding hydrogens is 239 g/mol. The highest BCUT2D eigenvalue weighted by atomic mass is 19.1. The summed E-state index contributed by atoms with van der Waals surface area (Å²) in [5.74, 6) is -0.211. The standard InChI is InChI=1S/C16H17FN2/c17-15-7-12(10-18)8-16(9-15)19-6-5-13-3-1-2-4-14(13)11-19/h1-4,7-9H,5-6,10-11,18H2. The molecule has 0 saturated heterocycles. The van der Waals surface area contributed by atoms with E-state index in [0.29, 0.717) is 6.54 Å². The van der Waals surface area contributed by atoms with Crippen molar-refractivity contribution in [3.8, 4) is 0 Å². The number of nitrogens with zero attached hydrogens (tertiary/aromatic N) is 1. The molecule has 0 unspecified atom stereocenters. The highest BCUT2D eigenvalue weighted by Gasteiger charge is 2.16. The fourth-order valence-electron chi connectivity index (χ4n) is 2.65. The van der Waals surface area contributed by atoms with Crippen molar-refractivity contribution in [1.29, 1.82) is 0 Å². The average molecular weight is 256 g/mol. The molecular formula is C16H17FN2. The molecule has 0 bridgehead atoms. The molecule has 1 aliphatic rings. The summed E-state index contributed by atoms with van der Waals surface area (Å²) in [6.07, 6.45) is 1.00. The third kappa shape index (κ3) is 2.47. The summed E-state index contributed by atoms with van der Waals surface area (Å²) in [6, 6.07) is 13.5. The SMILES string of the molecule is NCc1cc(F)cc(N2CCc3ccccc3C2)c1. The maximum Gasteiger partial charge on any atom is 0.125 e. The maximum atomic E-state index is 13.6. The number of hydrogen-bond acceptors (Lipinski definition) is 2. The van der Waals surface area contributed by atoms with E-state index in [2.05, 4.69) is 29.2 Å². The molecule has 0 amide bonds. The van der Waals surface area contributed by atoms with Crippen LogP contribution in [0.3, 0.4) is 0 Å². The van der Waals surface area contributed by atoms with Gasteiger partial charge in [0.1, 0.15) is 5.82 Å². The van der Waals surface area contributed by atoms with Gasteiger partial charge in [-0.15, -0.1) is 0 Å². The van der Waals surface area contributed by atoms with Crippen LogP contribution in [0.1, 0.15) is 16.7 Å². The first-order chi connectivity index (χ1) is 9.26. The molecule has 2 aromatic rings. The first-order valence-electron chi connectivity index (χ1n) is 6.57. The van der Waals surface area contributed by atoms with Crippen LogP contribution in [-0.2, 0) is 19.5 Å². The van der Waals surface area contributed by atoms with Gasteiger partial charge in [0.2, 0.25) is 0 Å². The molecule has 0 fully saturated rings. The smallest absolute Gasteiger partial charge is 0.125 e. The Morgan fingerprint density at radius 1 is 1.11 bits per heavy atom. The van der Waals surface area contributed by atoms with Crippen LogP contribution in [-0.4, -0.2) is 6.54 Å². The highest BCUT2D eigenvalue weighted by Crippen LogP contribution is 2.25. The summed E-state index contributed by atoms with van der Waals surface area (Å²) in [5.41, 5.74) is 10.1. The van der Waals surface area contributed by atoms with Gasteiger partial charge >= 0.3 is 0 Å². The Bertz CT molecular complexity index is 595. The monoisotopic (exact) mass is 256 g/mol. The van der Waals surface area contributed by atoms with Crippen molar-refractivity contribution in [1.82, 2.24) is 0 Å². The molecule has 0 aromatic heterocycles. The third-order valence-electron chi connectivity index (χ3n) is 3.67. The summed E-state index contributed by atoms with van der Waals surface area (Å²) >= 11 is 0. The molecule has 0 saturated carbocycles. The van der Waals surface area contributed by atoms with Gasteiger partial charge in [0.05, 0.1) is 0 Å². The number of rotatable bonds is 2. The molecule has 2 aromatic carbocycles. The van der Waals surface area contributed by atoms with Crippen LogP contribution < -0.4 is 10.6 Å². The molecule has 1 aliphatic heterocycles. The van der Waals surface area contributed by atoms with Crippen LogP contribution in [0.4, 0.5) is 10.1 Å². The molecule has 19 heavy (non-hydrogen) atoms. The highest BCUT2D eigenvalue weighted by molar-refractivity contribution is 5.51. The molecule has 2 N–H and O–H groups in total. The number of nitrogens with two attached hydrogens (primary N) is 1. The Hall–Kier alpha value is -1.87. The van der Waals surface area contributed by atoms with Crippen molar-refractivity contribution >= 4 is 5.69 Å². The Kier molecular flexibility index (Phi) is 3.22. The van der Waals surface area contributed by atoms with E-state index in [1.807, 2.05) is 6.07 Å². The Labute approximate surface area is 112 Å². The normalized spacial score (nSPS) is 14.3. The lowest BCUT2D eigenvalue weighted by atomic mass is 9.99. The first kappa shape index (κ1) is 12.2. The van der Waals surface area contributed by atoms with E-state index in [0.717, 1.165) is 30.8 Å². The van der Waals surface area contributed by atoms with Gasteiger partial charge in [-0.05, 0) is 41.3 Å². The number of hydrogen-bond donors (Lipinski definition) is 1. The van der Waals surface area contributed by atoms with Gasteiger partial charge in [0, 0.05) is 25.3 Å². The zero-order chi connectivity index (χ0) is 13.2. The minimum Gasteiger partial charge on any atom is -0.367 e. The molecule has 3 heteroatoms. The second-order valence-electron chi connectivity index (χ2n) is 4.96. The topological polar surface area (TPSA) is 29.3 Å². The fourth-order valence-corrected chi connectivity index (χ4v) is 2.65.